The second kappa shape index (κ2) is 6.76. The fourth-order valence-electron chi connectivity index (χ4n) is 1.85. The number of carbonyl (C=O) groups excluding carboxylic acids is 1. The molecule has 5 nitrogen and oxygen atoms in total. The van der Waals surface area contributed by atoms with Gasteiger partial charge in [-0.25, -0.2) is 0 Å². The molecule has 0 bridgehead atoms. The molecule has 0 saturated carbocycles. The van der Waals surface area contributed by atoms with Crippen molar-refractivity contribution in [3.8, 4) is 0 Å². The molecule has 0 spiro atoms. The van der Waals surface area contributed by atoms with Gasteiger partial charge in [0.25, 0.3) is 5.91 Å². The number of anilines is 1. The summed E-state index contributed by atoms with van der Waals surface area (Å²) in [6, 6.07) is 11.7. The van der Waals surface area contributed by atoms with Crippen LogP contribution < -0.4 is 5.32 Å². The Morgan fingerprint density at radius 3 is 2.77 bits per heavy atom. The number of amides is 1. The topological polar surface area (TPSA) is 67.8 Å². The fraction of sp³-hybridized carbons (Fsp3) is 0.0667. The average molecular weight is 375 g/mol. The van der Waals surface area contributed by atoms with Gasteiger partial charge in [-0.3, -0.25) is 15.1 Å². The summed E-state index contributed by atoms with van der Waals surface area (Å²) in [5, 5.41) is 12.2. The molecular weight excluding hydrogens is 364 g/mol. The van der Waals surface area contributed by atoms with Crippen LogP contribution in [0.3, 0.4) is 0 Å². The number of carbonyl (C=O) groups is 1. The van der Waals surface area contributed by atoms with Crippen molar-refractivity contribution < 1.29 is 4.79 Å². The summed E-state index contributed by atoms with van der Waals surface area (Å²) in [7, 11) is 0. The van der Waals surface area contributed by atoms with E-state index in [0.717, 1.165) is 15.0 Å². The van der Waals surface area contributed by atoms with Crippen LogP contribution in [0.1, 0.15) is 20.9 Å². The van der Waals surface area contributed by atoms with E-state index in [1.54, 1.807) is 12.3 Å². The Morgan fingerprint density at radius 2 is 2.00 bits per heavy atom. The summed E-state index contributed by atoms with van der Waals surface area (Å²) in [6.07, 6.45) is 3.83. The van der Waals surface area contributed by atoms with Crippen molar-refractivity contribution in [3.63, 3.8) is 0 Å². The molecule has 22 heavy (non-hydrogen) atoms. The van der Waals surface area contributed by atoms with Crippen molar-refractivity contribution in [2.45, 2.75) is 6.42 Å². The van der Waals surface area contributed by atoms with Crippen LogP contribution in [-0.4, -0.2) is 21.1 Å². The average Bonchev–Trinajstić information content (AvgIpc) is 2.95. The van der Waals surface area contributed by atoms with Crippen LogP contribution in [0.4, 0.5) is 5.13 Å². The molecule has 2 heterocycles. The van der Waals surface area contributed by atoms with Gasteiger partial charge in [0.1, 0.15) is 5.01 Å². The van der Waals surface area contributed by atoms with Crippen molar-refractivity contribution in [2.75, 3.05) is 5.32 Å². The lowest BCUT2D eigenvalue weighted by atomic mass is 10.2. The van der Waals surface area contributed by atoms with E-state index in [2.05, 4.69) is 36.4 Å². The Labute approximate surface area is 139 Å². The second-order valence-electron chi connectivity index (χ2n) is 4.51. The fourth-order valence-corrected chi connectivity index (χ4v) is 2.99. The highest BCUT2D eigenvalue weighted by Gasteiger charge is 2.11. The lowest BCUT2D eigenvalue weighted by Crippen LogP contribution is -2.11. The van der Waals surface area contributed by atoms with E-state index >= 15 is 0 Å². The van der Waals surface area contributed by atoms with E-state index in [-0.39, 0.29) is 5.91 Å². The summed E-state index contributed by atoms with van der Waals surface area (Å²) in [4.78, 5) is 16.1. The van der Waals surface area contributed by atoms with Gasteiger partial charge < -0.3 is 0 Å². The van der Waals surface area contributed by atoms with E-state index < -0.39 is 0 Å². The summed E-state index contributed by atoms with van der Waals surface area (Å²) in [5.41, 5.74) is 1.63. The van der Waals surface area contributed by atoms with Crippen molar-refractivity contribution >= 4 is 38.3 Å². The molecule has 1 amide bonds. The van der Waals surface area contributed by atoms with Crippen LogP contribution in [0, 0.1) is 0 Å². The number of hydrogen-bond acceptors (Lipinski definition) is 5. The first-order valence-corrected chi connectivity index (χ1v) is 8.10. The third-order valence-corrected chi connectivity index (χ3v) is 4.12. The predicted molar refractivity (Wildman–Crippen MR) is 89.0 cm³/mol. The third-order valence-electron chi connectivity index (χ3n) is 2.85. The van der Waals surface area contributed by atoms with Crippen LogP contribution in [0.5, 0.6) is 0 Å². The second-order valence-corrected chi connectivity index (χ2v) is 6.49. The highest BCUT2D eigenvalue weighted by atomic mass is 79.9. The van der Waals surface area contributed by atoms with Crippen molar-refractivity contribution in [3.05, 3.63) is 69.4 Å². The first-order valence-electron chi connectivity index (χ1n) is 6.49. The highest BCUT2D eigenvalue weighted by Crippen LogP contribution is 2.19. The van der Waals surface area contributed by atoms with Gasteiger partial charge in [-0.05, 0) is 27.6 Å². The predicted octanol–water partition coefficient (Wildman–Crippen LogP) is 3.54. The molecule has 0 aliphatic rings. The number of nitrogens with zero attached hydrogens (tertiary/aromatic N) is 3. The molecule has 0 unspecified atom stereocenters. The number of pyridine rings is 1. The zero-order valence-corrected chi connectivity index (χ0v) is 13.8. The van der Waals surface area contributed by atoms with Crippen molar-refractivity contribution in [1.29, 1.82) is 0 Å². The summed E-state index contributed by atoms with van der Waals surface area (Å²) < 4.78 is 0.752. The van der Waals surface area contributed by atoms with Gasteiger partial charge in [-0.1, -0.05) is 41.7 Å². The molecule has 2 aromatic heterocycles. The Hall–Kier alpha value is -2.12. The molecule has 3 rings (SSSR count). The molecule has 1 aromatic carbocycles. The van der Waals surface area contributed by atoms with Gasteiger partial charge in [-0.2, -0.15) is 0 Å². The molecular formula is C15H11BrN4OS. The minimum absolute atomic E-state index is 0.254. The number of hydrogen-bond donors (Lipinski definition) is 1. The van der Waals surface area contributed by atoms with Crippen LogP contribution in [-0.2, 0) is 6.42 Å². The molecule has 7 heteroatoms. The van der Waals surface area contributed by atoms with Crippen LogP contribution in [0.2, 0.25) is 0 Å². The van der Waals surface area contributed by atoms with E-state index in [4.69, 9.17) is 0 Å². The largest absolute Gasteiger partial charge is 0.296 e. The molecule has 0 aliphatic carbocycles. The molecule has 0 atom stereocenters. The van der Waals surface area contributed by atoms with Gasteiger partial charge in [-0.15, -0.1) is 10.2 Å². The number of benzene rings is 1. The van der Waals surface area contributed by atoms with Gasteiger partial charge in [0, 0.05) is 23.3 Å². The minimum atomic E-state index is -0.254. The Morgan fingerprint density at radius 1 is 1.18 bits per heavy atom. The SMILES string of the molecule is O=C(Nc1nnc(Cc2ccccc2)s1)c1cncc(Br)c1. The van der Waals surface area contributed by atoms with E-state index in [1.165, 1.54) is 17.5 Å². The first kappa shape index (κ1) is 14.8. The lowest BCUT2D eigenvalue weighted by Gasteiger charge is -2.00. The maximum Gasteiger partial charge on any atom is 0.259 e. The van der Waals surface area contributed by atoms with Crippen molar-refractivity contribution in [2.24, 2.45) is 0 Å². The maximum absolute atomic E-state index is 12.1. The van der Waals surface area contributed by atoms with Gasteiger partial charge in [0.05, 0.1) is 5.56 Å². The summed E-state index contributed by atoms with van der Waals surface area (Å²) in [5.74, 6) is -0.254. The van der Waals surface area contributed by atoms with E-state index in [9.17, 15) is 4.79 Å². The molecule has 0 aliphatic heterocycles. The molecule has 3 aromatic rings. The van der Waals surface area contributed by atoms with Gasteiger partial charge in [0.15, 0.2) is 0 Å². The zero-order valence-electron chi connectivity index (χ0n) is 11.4. The lowest BCUT2D eigenvalue weighted by molar-refractivity contribution is 0.102. The monoisotopic (exact) mass is 374 g/mol. The Bertz CT molecular complexity index is 791. The summed E-state index contributed by atoms with van der Waals surface area (Å²) in [6.45, 7) is 0. The quantitative estimate of drug-likeness (QED) is 0.758. The minimum Gasteiger partial charge on any atom is -0.296 e. The Kier molecular flexibility index (Phi) is 4.55. The van der Waals surface area contributed by atoms with E-state index in [1.807, 2.05) is 30.3 Å². The van der Waals surface area contributed by atoms with Crippen LogP contribution in [0.25, 0.3) is 0 Å². The molecule has 1 N–H and O–H groups in total. The highest BCUT2D eigenvalue weighted by molar-refractivity contribution is 9.10. The maximum atomic E-state index is 12.1. The Balaban J connectivity index is 1.68. The first-order chi connectivity index (χ1) is 10.7. The normalized spacial score (nSPS) is 10.4. The van der Waals surface area contributed by atoms with Crippen LogP contribution >= 0.6 is 27.3 Å². The number of aromatic nitrogens is 3. The van der Waals surface area contributed by atoms with Gasteiger partial charge >= 0.3 is 0 Å². The molecule has 110 valence electrons. The standard InChI is InChI=1S/C15H11BrN4OS/c16-12-7-11(8-17-9-12)14(21)18-15-20-19-13(22-15)6-10-4-2-1-3-5-10/h1-5,7-9H,6H2,(H,18,20,21). The number of halogens is 1. The smallest absolute Gasteiger partial charge is 0.259 e. The molecule has 0 fully saturated rings. The third kappa shape index (κ3) is 3.75. The van der Waals surface area contributed by atoms with E-state index in [0.29, 0.717) is 17.1 Å². The summed E-state index contributed by atoms with van der Waals surface area (Å²) >= 11 is 4.66. The number of nitrogens with one attached hydrogen (secondary N) is 1. The zero-order chi connectivity index (χ0) is 15.4. The number of rotatable bonds is 4. The van der Waals surface area contributed by atoms with Crippen LogP contribution in [0.15, 0.2) is 53.3 Å². The van der Waals surface area contributed by atoms with Gasteiger partial charge in [0.2, 0.25) is 5.13 Å². The molecule has 0 saturated heterocycles. The van der Waals surface area contributed by atoms with Crippen molar-refractivity contribution in [1.82, 2.24) is 15.2 Å². The molecule has 0 radical (unpaired) electrons.